The van der Waals surface area contributed by atoms with E-state index in [1.165, 1.54) is 5.56 Å². The molecule has 1 unspecified atom stereocenters. The fraction of sp³-hybridized carbons (Fsp3) is 0.400. The van der Waals surface area contributed by atoms with Gasteiger partial charge < -0.3 is 10.5 Å². The lowest BCUT2D eigenvalue weighted by molar-refractivity contribution is 0.0731. The molecule has 0 aliphatic heterocycles. The average molecular weight is 165 g/mol. The van der Waals surface area contributed by atoms with Crippen molar-refractivity contribution in [1.82, 2.24) is 0 Å². The molecule has 0 saturated heterocycles. The van der Waals surface area contributed by atoms with Crippen molar-refractivity contribution in [3.63, 3.8) is 0 Å². The second-order valence-electron chi connectivity index (χ2n) is 2.81. The van der Waals surface area contributed by atoms with Gasteiger partial charge in [0.25, 0.3) is 0 Å². The smallest absolute Gasteiger partial charge is 0.102 e. The summed E-state index contributed by atoms with van der Waals surface area (Å²) in [5.41, 5.74) is 6.72. The van der Waals surface area contributed by atoms with Crippen LogP contribution in [0, 0.1) is 0 Å². The van der Waals surface area contributed by atoms with Crippen molar-refractivity contribution in [3.05, 3.63) is 35.9 Å². The quantitative estimate of drug-likeness (QED) is 0.687. The summed E-state index contributed by atoms with van der Waals surface area (Å²) in [7, 11) is 0. The van der Waals surface area contributed by atoms with Crippen molar-refractivity contribution in [1.29, 1.82) is 0 Å². The molecule has 2 nitrogen and oxygen atoms in total. The van der Waals surface area contributed by atoms with Gasteiger partial charge in [-0.1, -0.05) is 30.3 Å². The first-order chi connectivity index (χ1) is 5.79. The molecule has 0 heterocycles. The Hall–Kier alpha value is -0.860. The van der Waals surface area contributed by atoms with Crippen molar-refractivity contribution < 1.29 is 4.74 Å². The number of rotatable bonds is 4. The van der Waals surface area contributed by atoms with Gasteiger partial charge in [0.05, 0.1) is 6.61 Å². The molecule has 0 aromatic heterocycles. The van der Waals surface area contributed by atoms with E-state index in [1.807, 2.05) is 25.1 Å². The zero-order chi connectivity index (χ0) is 8.81. The van der Waals surface area contributed by atoms with E-state index in [-0.39, 0.29) is 6.23 Å². The molecule has 2 heteroatoms. The van der Waals surface area contributed by atoms with E-state index in [0.717, 1.165) is 6.42 Å². The highest BCUT2D eigenvalue weighted by atomic mass is 16.5. The monoisotopic (exact) mass is 165 g/mol. The largest absolute Gasteiger partial charge is 0.364 e. The summed E-state index contributed by atoms with van der Waals surface area (Å²) in [5.74, 6) is 0. The molecule has 1 aromatic carbocycles. The molecule has 0 radical (unpaired) electrons. The Labute approximate surface area is 73.3 Å². The lowest BCUT2D eigenvalue weighted by atomic mass is 10.2. The molecule has 1 rings (SSSR count). The van der Waals surface area contributed by atoms with Gasteiger partial charge in [0.2, 0.25) is 0 Å². The standard InChI is InChI=1S/C10H15NO/c1-9(11)12-8-7-10-5-3-2-4-6-10/h2-6,9H,7-8,11H2,1H3. The Morgan fingerprint density at radius 2 is 2.00 bits per heavy atom. The summed E-state index contributed by atoms with van der Waals surface area (Å²) in [6, 6.07) is 10.2. The van der Waals surface area contributed by atoms with Crippen LogP contribution in [0.2, 0.25) is 0 Å². The van der Waals surface area contributed by atoms with Gasteiger partial charge in [-0.05, 0) is 18.9 Å². The molecule has 0 spiro atoms. The lowest BCUT2D eigenvalue weighted by Crippen LogP contribution is -2.20. The van der Waals surface area contributed by atoms with Crippen LogP contribution in [0.3, 0.4) is 0 Å². The van der Waals surface area contributed by atoms with Crippen LogP contribution in [-0.4, -0.2) is 12.8 Å². The minimum absolute atomic E-state index is 0.159. The van der Waals surface area contributed by atoms with Gasteiger partial charge in [0.1, 0.15) is 6.23 Å². The second kappa shape index (κ2) is 4.91. The van der Waals surface area contributed by atoms with Crippen LogP contribution in [0.4, 0.5) is 0 Å². The number of hydrogen-bond acceptors (Lipinski definition) is 2. The predicted octanol–water partition coefficient (Wildman–Crippen LogP) is 1.55. The highest BCUT2D eigenvalue weighted by molar-refractivity contribution is 5.14. The molecule has 0 amide bonds. The summed E-state index contributed by atoms with van der Waals surface area (Å²) >= 11 is 0. The van der Waals surface area contributed by atoms with E-state index in [9.17, 15) is 0 Å². The van der Waals surface area contributed by atoms with Gasteiger partial charge in [0.15, 0.2) is 0 Å². The molecular formula is C10H15NO. The third kappa shape index (κ3) is 3.51. The number of benzene rings is 1. The minimum atomic E-state index is -0.159. The van der Waals surface area contributed by atoms with E-state index >= 15 is 0 Å². The maximum atomic E-state index is 5.43. The first-order valence-corrected chi connectivity index (χ1v) is 4.20. The summed E-state index contributed by atoms with van der Waals surface area (Å²) in [4.78, 5) is 0. The Morgan fingerprint density at radius 3 is 2.58 bits per heavy atom. The topological polar surface area (TPSA) is 35.2 Å². The van der Waals surface area contributed by atoms with Crippen LogP contribution in [0.5, 0.6) is 0 Å². The normalized spacial score (nSPS) is 12.8. The molecule has 0 bridgehead atoms. The first-order valence-electron chi connectivity index (χ1n) is 4.20. The highest BCUT2D eigenvalue weighted by Crippen LogP contribution is 1.99. The Balaban J connectivity index is 2.25. The van der Waals surface area contributed by atoms with Crippen LogP contribution in [0.25, 0.3) is 0 Å². The van der Waals surface area contributed by atoms with E-state index < -0.39 is 0 Å². The molecule has 0 fully saturated rings. The van der Waals surface area contributed by atoms with Crippen LogP contribution in [-0.2, 0) is 11.2 Å². The SMILES string of the molecule is CC(N)OCCc1ccccc1. The van der Waals surface area contributed by atoms with Gasteiger partial charge in [0, 0.05) is 0 Å². The first kappa shape index (κ1) is 9.23. The van der Waals surface area contributed by atoms with Gasteiger partial charge >= 0.3 is 0 Å². The third-order valence-electron chi connectivity index (χ3n) is 1.61. The highest BCUT2D eigenvalue weighted by Gasteiger charge is 1.94. The second-order valence-corrected chi connectivity index (χ2v) is 2.81. The Kier molecular flexibility index (Phi) is 3.77. The minimum Gasteiger partial charge on any atom is -0.364 e. The summed E-state index contributed by atoms with van der Waals surface area (Å²) in [6.45, 7) is 2.53. The molecule has 66 valence electrons. The van der Waals surface area contributed by atoms with E-state index in [4.69, 9.17) is 10.5 Å². The van der Waals surface area contributed by atoms with Crippen LogP contribution < -0.4 is 5.73 Å². The lowest BCUT2D eigenvalue weighted by Gasteiger charge is -2.06. The van der Waals surface area contributed by atoms with Crippen LogP contribution in [0.15, 0.2) is 30.3 Å². The molecule has 1 aromatic rings. The van der Waals surface area contributed by atoms with Gasteiger partial charge in [-0.25, -0.2) is 0 Å². The summed E-state index contributed by atoms with van der Waals surface area (Å²) in [6.07, 6.45) is 0.774. The van der Waals surface area contributed by atoms with Gasteiger partial charge in [-0.15, -0.1) is 0 Å². The number of nitrogens with two attached hydrogens (primary N) is 1. The molecule has 0 saturated carbocycles. The van der Waals surface area contributed by atoms with Crippen molar-refractivity contribution >= 4 is 0 Å². The average Bonchev–Trinajstić information content (AvgIpc) is 2.05. The number of hydrogen-bond donors (Lipinski definition) is 1. The van der Waals surface area contributed by atoms with Crippen molar-refractivity contribution in [2.75, 3.05) is 6.61 Å². The Morgan fingerprint density at radius 1 is 1.33 bits per heavy atom. The number of ether oxygens (including phenoxy) is 1. The molecule has 12 heavy (non-hydrogen) atoms. The molecular weight excluding hydrogens is 150 g/mol. The van der Waals surface area contributed by atoms with E-state index in [1.54, 1.807) is 0 Å². The van der Waals surface area contributed by atoms with Crippen LogP contribution >= 0.6 is 0 Å². The van der Waals surface area contributed by atoms with E-state index in [2.05, 4.69) is 12.1 Å². The fourth-order valence-electron chi connectivity index (χ4n) is 1.01. The molecule has 0 aliphatic carbocycles. The molecule has 2 N–H and O–H groups in total. The van der Waals surface area contributed by atoms with Gasteiger partial charge in [-0.3, -0.25) is 0 Å². The molecule has 1 atom stereocenters. The Bertz CT molecular complexity index is 208. The van der Waals surface area contributed by atoms with Gasteiger partial charge in [-0.2, -0.15) is 0 Å². The maximum absolute atomic E-state index is 5.43. The van der Waals surface area contributed by atoms with Crippen LogP contribution in [0.1, 0.15) is 12.5 Å². The fourth-order valence-corrected chi connectivity index (χ4v) is 1.01. The third-order valence-corrected chi connectivity index (χ3v) is 1.61. The zero-order valence-electron chi connectivity index (χ0n) is 7.36. The molecule has 0 aliphatic rings. The predicted molar refractivity (Wildman–Crippen MR) is 49.7 cm³/mol. The zero-order valence-corrected chi connectivity index (χ0v) is 7.36. The van der Waals surface area contributed by atoms with E-state index in [0.29, 0.717) is 6.61 Å². The van der Waals surface area contributed by atoms with Crippen molar-refractivity contribution in [2.24, 2.45) is 5.73 Å². The summed E-state index contributed by atoms with van der Waals surface area (Å²) < 4.78 is 5.22. The van der Waals surface area contributed by atoms with Crippen molar-refractivity contribution in [2.45, 2.75) is 19.6 Å². The summed E-state index contributed by atoms with van der Waals surface area (Å²) in [5, 5.41) is 0. The van der Waals surface area contributed by atoms with Crippen molar-refractivity contribution in [3.8, 4) is 0 Å². The maximum Gasteiger partial charge on any atom is 0.102 e.